The summed E-state index contributed by atoms with van der Waals surface area (Å²) in [5.74, 6) is -0.140. The summed E-state index contributed by atoms with van der Waals surface area (Å²) in [7, 11) is 0. The maximum atomic E-state index is 16.1. The minimum atomic E-state index is -0.0855. The van der Waals surface area contributed by atoms with Gasteiger partial charge in [-0.1, -0.05) is 291 Å². The van der Waals surface area contributed by atoms with Crippen LogP contribution in [-0.2, 0) is 0 Å². The molecular formula is C98H66O2. The summed E-state index contributed by atoms with van der Waals surface area (Å²) < 4.78 is 0. The molecule has 0 heterocycles. The zero-order chi connectivity index (χ0) is 67.1. The maximum absolute atomic E-state index is 16.1. The van der Waals surface area contributed by atoms with Crippen LogP contribution in [0.25, 0.3) is 145 Å². The summed E-state index contributed by atoms with van der Waals surface area (Å²) in [5.41, 5.74) is 28.8. The Morgan fingerprint density at radius 1 is 0.110 bits per heavy atom. The first kappa shape index (κ1) is 61.7. The Hall–Kier alpha value is -13.1. The Labute approximate surface area is 584 Å². The first-order chi connectivity index (χ1) is 49.3. The third kappa shape index (κ3) is 13.4. The molecular weight excluding hydrogens is 1210 g/mol. The van der Waals surface area contributed by atoms with Crippen molar-refractivity contribution in [1.29, 1.82) is 0 Å². The van der Waals surface area contributed by atoms with E-state index in [9.17, 15) is 0 Å². The minimum Gasteiger partial charge on any atom is -0.289 e. The molecule has 0 radical (unpaired) electrons. The van der Waals surface area contributed by atoms with E-state index in [2.05, 4.69) is 297 Å². The van der Waals surface area contributed by atoms with E-state index in [1.165, 1.54) is 0 Å². The normalized spacial score (nSPS) is 11.1. The fourth-order valence-electron chi connectivity index (χ4n) is 13.7. The highest BCUT2D eigenvalue weighted by molar-refractivity contribution is 6.13. The Balaban J connectivity index is 0.819. The summed E-state index contributed by atoms with van der Waals surface area (Å²) >= 11 is 0. The Morgan fingerprint density at radius 3 is 0.440 bits per heavy atom. The molecule has 2 heteroatoms. The number of carbonyl (C=O) groups is 2. The van der Waals surface area contributed by atoms with E-state index in [4.69, 9.17) is 0 Å². The molecule has 0 bridgehead atoms. The SMILES string of the molecule is O=C(c1cc(-c2ccccc2)cc(-c2ccccc2)c1)c1cc(-c2ccccc2)cc(-c2ccc(-c3cc(-c4ccccc4)cc(-c4cc(C(=O)c5cc(-c6cccc(-c7ccccc7)c6)cc(-c6cccc(-c7ccccc7)c6)c5)cc(-c5cccc(-c6ccccc6)c5)c4)c3)cc2)c1. The lowest BCUT2D eigenvalue weighted by molar-refractivity contribution is 0.103. The van der Waals surface area contributed by atoms with Crippen molar-refractivity contribution >= 4 is 11.6 Å². The molecule has 0 unspecified atom stereocenters. The van der Waals surface area contributed by atoms with Gasteiger partial charge in [0.05, 0.1) is 0 Å². The average molecular weight is 1280 g/mol. The average Bonchev–Trinajstić information content (AvgIpc) is 0.843. The van der Waals surface area contributed by atoms with Crippen molar-refractivity contribution in [2.45, 2.75) is 0 Å². The molecule has 16 aromatic carbocycles. The van der Waals surface area contributed by atoms with Crippen molar-refractivity contribution in [2.24, 2.45) is 0 Å². The first-order valence-electron chi connectivity index (χ1n) is 34.0. The van der Waals surface area contributed by atoms with Gasteiger partial charge in [-0.15, -0.1) is 0 Å². The highest BCUT2D eigenvalue weighted by atomic mass is 16.1. The number of carbonyl (C=O) groups excluding carboxylic acids is 2. The summed E-state index contributed by atoms with van der Waals surface area (Å²) in [5, 5.41) is 0. The van der Waals surface area contributed by atoms with Gasteiger partial charge in [-0.05, 0) is 254 Å². The van der Waals surface area contributed by atoms with Crippen LogP contribution in [0.4, 0.5) is 0 Å². The third-order valence-corrected chi connectivity index (χ3v) is 18.9. The summed E-state index contributed by atoms with van der Waals surface area (Å²) in [4.78, 5) is 31.4. The van der Waals surface area contributed by atoms with Crippen molar-refractivity contribution in [1.82, 2.24) is 0 Å². The van der Waals surface area contributed by atoms with Crippen LogP contribution in [0.5, 0.6) is 0 Å². The van der Waals surface area contributed by atoms with Gasteiger partial charge in [0.25, 0.3) is 0 Å². The van der Waals surface area contributed by atoms with E-state index in [1.54, 1.807) is 0 Å². The topological polar surface area (TPSA) is 34.1 Å². The molecule has 100 heavy (non-hydrogen) atoms. The predicted molar refractivity (Wildman–Crippen MR) is 417 cm³/mol. The second kappa shape index (κ2) is 27.9. The molecule has 0 aliphatic carbocycles. The van der Waals surface area contributed by atoms with Gasteiger partial charge in [0.15, 0.2) is 11.6 Å². The molecule has 0 fully saturated rings. The quantitative estimate of drug-likeness (QED) is 0.0852. The number of hydrogen-bond donors (Lipinski definition) is 0. The minimum absolute atomic E-state index is 0.0541. The largest absolute Gasteiger partial charge is 0.289 e. The summed E-state index contributed by atoms with van der Waals surface area (Å²) in [6.45, 7) is 0. The van der Waals surface area contributed by atoms with Crippen LogP contribution in [0.1, 0.15) is 31.8 Å². The van der Waals surface area contributed by atoms with Gasteiger partial charge >= 0.3 is 0 Å². The van der Waals surface area contributed by atoms with E-state index in [0.29, 0.717) is 22.3 Å². The summed E-state index contributed by atoms with van der Waals surface area (Å²) in [6, 6.07) is 139. The van der Waals surface area contributed by atoms with Gasteiger partial charge in [-0.2, -0.15) is 0 Å². The predicted octanol–water partition coefficient (Wildman–Crippen LogP) is 25.8. The second-order valence-corrected chi connectivity index (χ2v) is 25.5. The molecule has 0 saturated carbocycles. The van der Waals surface area contributed by atoms with E-state index >= 15 is 9.59 Å². The van der Waals surface area contributed by atoms with Crippen molar-refractivity contribution in [3.05, 3.63) is 423 Å². The Kier molecular flexibility index (Phi) is 17.2. The molecule has 16 aromatic rings. The number of ketones is 2. The zero-order valence-corrected chi connectivity index (χ0v) is 54.9. The van der Waals surface area contributed by atoms with Crippen molar-refractivity contribution < 1.29 is 9.59 Å². The number of benzene rings is 16. The molecule has 470 valence electrons. The monoisotopic (exact) mass is 1270 g/mol. The zero-order valence-electron chi connectivity index (χ0n) is 54.9. The van der Waals surface area contributed by atoms with Crippen LogP contribution >= 0.6 is 0 Å². The third-order valence-electron chi connectivity index (χ3n) is 18.9. The van der Waals surface area contributed by atoms with Crippen molar-refractivity contribution in [3.8, 4) is 145 Å². The smallest absolute Gasteiger partial charge is 0.193 e. The fraction of sp³-hybridized carbons (Fsp3) is 0. The summed E-state index contributed by atoms with van der Waals surface area (Å²) in [6.07, 6.45) is 0. The van der Waals surface area contributed by atoms with Gasteiger partial charge < -0.3 is 0 Å². The highest BCUT2D eigenvalue weighted by Gasteiger charge is 2.21. The first-order valence-corrected chi connectivity index (χ1v) is 34.0. The van der Waals surface area contributed by atoms with Crippen LogP contribution in [0, 0.1) is 0 Å². The molecule has 0 atom stereocenters. The van der Waals surface area contributed by atoms with Gasteiger partial charge in [0.1, 0.15) is 0 Å². The molecule has 0 aromatic heterocycles. The molecule has 16 rings (SSSR count). The maximum Gasteiger partial charge on any atom is 0.193 e. The lowest BCUT2D eigenvalue weighted by Crippen LogP contribution is -2.04. The Bertz CT molecular complexity index is 5470. The van der Waals surface area contributed by atoms with E-state index in [1.807, 2.05) is 103 Å². The molecule has 2 nitrogen and oxygen atoms in total. The molecule has 0 amide bonds. The van der Waals surface area contributed by atoms with Gasteiger partial charge in [-0.3, -0.25) is 9.59 Å². The molecule has 0 N–H and O–H groups in total. The van der Waals surface area contributed by atoms with Crippen molar-refractivity contribution in [3.63, 3.8) is 0 Å². The Morgan fingerprint density at radius 2 is 0.230 bits per heavy atom. The number of rotatable bonds is 17. The molecule has 0 spiro atoms. The van der Waals surface area contributed by atoms with Crippen molar-refractivity contribution in [2.75, 3.05) is 0 Å². The van der Waals surface area contributed by atoms with Gasteiger partial charge in [0.2, 0.25) is 0 Å². The van der Waals surface area contributed by atoms with E-state index in [0.717, 1.165) is 145 Å². The molecule has 0 aliphatic heterocycles. The van der Waals surface area contributed by atoms with Gasteiger partial charge in [-0.25, -0.2) is 0 Å². The lowest BCUT2D eigenvalue weighted by atomic mass is 9.87. The molecule has 0 aliphatic rings. The van der Waals surface area contributed by atoms with Gasteiger partial charge in [0, 0.05) is 22.3 Å². The van der Waals surface area contributed by atoms with Crippen LogP contribution in [0.2, 0.25) is 0 Å². The van der Waals surface area contributed by atoms with E-state index < -0.39 is 0 Å². The fourth-order valence-corrected chi connectivity index (χ4v) is 13.7. The van der Waals surface area contributed by atoms with E-state index in [-0.39, 0.29) is 11.6 Å². The van der Waals surface area contributed by atoms with Crippen LogP contribution < -0.4 is 0 Å². The van der Waals surface area contributed by atoms with Crippen LogP contribution in [0.3, 0.4) is 0 Å². The van der Waals surface area contributed by atoms with Crippen LogP contribution in [0.15, 0.2) is 400 Å². The number of hydrogen-bond acceptors (Lipinski definition) is 2. The molecule has 0 saturated heterocycles. The van der Waals surface area contributed by atoms with Crippen LogP contribution in [-0.4, -0.2) is 11.6 Å². The standard InChI is InChI=1S/C98H66O2/c99-97(93-59-84(71-33-16-5-17-34-71)53-85(60-93)72-35-18-6-19-36-72)94-61-86(73-37-20-7-21-38-73)54-87(62-94)75-47-45-74(46-48-75)83-52-82(70-31-14-4-15-32-70)55-91(56-83)92-58-90(81-44-24-41-78(51-81)69-29-12-3-13-30-69)65-96(66-92)98(100)95-63-88(79-42-22-39-76(49-79)67-25-8-1-9-26-67)57-89(64-95)80-43-23-40-77(50-80)68-27-10-2-11-28-68/h1-66H. The lowest BCUT2D eigenvalue weighted by Gasteiger charge is -2.16. The second-order valence-electron chi connectivity index (χ2n) is 25.5. The highest BCUT2D eigenvalue weighted by Crippen LogP contribution is 2.41.